The van der Waals surface area contributed by atoms with Gasteiger partial charge in [0, 0.05) is 32.7 Å². The molecule has 0 fully saturated rings. The van der Waals surface area contributed by atoms with Crippen molar-refractivity contribution in [2.24, 2.45) is 0 Å². The lowest BCUT2D eigenvalue weighted by atomic mass is 9.89. The second-order valence-electron chi connectivity index (χ2n) is 15.1. The molecule has 0 spiro atoms. The van der Waals surface area contributed by atoms with Crippen molar-refractivity contribution in [2.75, 3.05) is 0 Å². The molecule has 11 rings (SSSR count). The molecule has 0 amide bonds. The number of furan rings is 2. The van der Waals surface area contributed by atoms with Gasteiger partial charge in [0.25, 0.3) is 0 Å². The molecule has 0 aliphatic rings. The molecule has 0 radical (unpaired) electrons. The average Bonchev–Trinajstić information content (AvgIpc) is 3.90. The molecule has 0 atom stereocenters. The van der Waals surface area contributed by atoms with Gasteiger partial charge in [-0.1, -0.05) is 127 Å². The van der Waals surface area contributed by atoms with E-state index in [1.165, 1.54) is 0 Å². The van der Waals surface area contributed by atoms with Crippen LogP contribution in [0.5, 0.6) is 0 Å². The molecule has 4 heteroatoms. The molecule has 0 aliphatic heterocycles. The van der Waals surface area contributed by atoms with Crippen LogP contribution in [0.1, 0.15) is 11.1 Å². The Morgan fingerprint density at radius 1 is 0.283 bits per heavy atom. The van der Waals surface area contributed by atoms with E-state index in [9.17, 15) is 10.5 Å². The van der Waals surface area contributed by atoms with Crippen LogP contribution in [0.15, 0.2) is 203 Å². The first-order valence-corrected chi connectivity index (χ1v) is 19.8. The minimum absolute atomic E-state index is 0.544. The summed E-state index contributed by atoms with van der Waals surface area (Å²) in [5.74, 6) is 0. The number of hydrogen-bond donors (Lipinski definition) is 0. The van der Waals surface area contributed by atoms with Gasteiger partial charge in [-0.2, -0.15) is 10.5 Å². The van der Waals surface area contributed by atoms with E-state index in [2.05, 4.69) is 127 Å². The fraction of sp³-hybridized carbons (Fsp3) is 0. The summed E-state index contributed by atoms with van der Waals surface area (Å²) in [5.41, 5.74) is 15.9. The van der Waals surface area contributed by atoms with Gasteiger partial charge in [-0.25, -0.2) is 0 Å². The van der Waals surface area contributed by atoms with Crippen molar-refractivity contribution in [3.63, 3.8) is 0 Å². The van der Waals surface area contributed by atoms with Gasteiger partial charge < -0.3 is 8.83 Å². The predicted octanol–water partition coefficient (Wildman–Crippen LogP) is 15.2. The largest absolute Gasteiger partial charge is 0.455 e. The van der Waals surface area contributed by atoms with Crippen molar-refractivity contribution in [2.45, 2.75) is 0 Å². The summed E-state index contributed by atoms with van der Waals surface area (Å²) in [5, 5.41) is 25.0. The quantitative estimate of drug-likeness (QED) is 0.169. The molecule has 0 saturated heterocycles. The van der Waals surface area contributed by atoms with Crippen LogP contribution < -0.4 is 0 Å². The topological polar surface area (TPSA) is 73.9 Å². The van der Waals surface area contributed by atoms with Crippen LogP contribution >= 0.6 is 0 Å². The van der Waals surface area contributed by atoms with Gasteiger partial charge in [-0.3, -0.25) is 0 Å². The van der Waals surface area contributed by atoms with Crippen LogP contribution in [0.25, 0.3) is 111 Å². The van der Waals surface area contributed by atoms with E-state index in [0.29, 0.717) is 11.1 Å². The number of nitrogens with zero attached hydrogens (tertiary/aromatic N) is 2. The van der Waals surface area contributed by atoms with E-state index >= 15 is 0 Å². The highest BCUT2D eigenvalue weighted by atomic mass is 16.3. The van der Waals surface area contributed by atoms with Gasteiger partial charge in [0.05, 0.1) is 23.3 Å². The molecule has 0 N–H and O–H groups in total. The smallest absolute Gasteiger partial charge is 0.143 e. The van der Waals surface area contributed by atoms with Gasteiger partial charge in [0.2, 0.25) is 0 Å². The molecule has 2 aromatic heterocycles. The van der Waals surface area contributed by atoms with Gasteiger partial charge in [-0.05, 0) is 122 Å². The Labute approximate surface area is 346 Å². The highest BCUT2D eigenvalue weighted by Crippen LogP contribution is 2.42. The summed E-state index contributed by atoms with van der Waals surface area (Å²) in [6, 6.07) is 70.9. The Hall–Kier alpha value is -8.44. The number of nitriles is 2. The third-order valence-corrected chi connectivity index (χ3v) is 11.5. The number of fused-ring (bicyclic) bond motifs is 6. The summed E-state index contributed by atoms with van der Waals surface area (Å²) in [6.45, 7) is 0. The highest BCUT2D eigenvalue weighted by Gasteiger charge is 2.17. The lowest BCUT2D eigenvalue weighted by Gasteiger charge is -2.15. The molecule has 4 nitrogen and oxygen atoms in total. The third-order valence-electron chi connectivity index (χ3n) is 11.5. The molecule has 9 aromatic carbocycles. The molecule has 11 aromatic rings. The van der Waals surface area contributed by atoms with Crippen molar-refractivity contribution in [1.29, 1.82) is 10.5 Å². The van der Waals surface area contributed by atoms with Gasteiger partial charge in [0.1, 0.15) is 22.3 Å². The van der Waals surface area contributed by atoms with Crippen LogP contribution in [-0.4, -0.2) is 0 Å². The van der Waals surface area contributed by atoms with Crippen LogP contribution in [0.4, 0.5) is 0 Å². The van der Waals surface area contributed by atoms with Crippen LogP contribution in [-0.2, 0) is 0 Å². The molecule has 278 valence electrons. The zero-order valence-electron chi connectivity index (χ0n) is 32.2. The first-order chi connectivity index (χ1) is 29.6. The molecule has 0 bridgehead atoms. The summed E-state index contributed by atoms with van der Waals surface area (Å²) in [6.07, 6.45) is 0. The number of hydrogen-bond acceptors (Lipinski definition) is 4. The lowest BCUT2D eigenvalue weighted by Crippen LogP contribution is -1.91. The minimum Gasteiger partial charge on any atom is -0.455 e. The number of benzene rings is 9. The molecule has 0 saturated carbocycles. The van der Waals surface area contributed by atoms with Crippen molar-refractivity contribution in [3.05, 3.63) is 205 Å². The summed E-state index contributed by atoms with van der Waals surface area (Å²) in [4.78, 5) is 0. The average molecular weight is 765 g/mol. The van der Waals surface area contributed by atoms with Gasteiger partial charge in [-0.15, -0.1) is 0 Å². The van der Waals surface area contributed by atoms with E-state index in [0.717, 1.165) is 111 Å². The molecule has 0 aliphatic carbocycles. The first kappa shape index (κ1) is 34.8. The second-order valence-corrected chi connectivity index (χ2v) is 15.1. The predicted molar refractivity (Wildman–Crippen MR) is 243 cm³/mol. The first-order valence-electron chi connectivity index (χ1n) is 19.8. The van der Waals surface area contributed by atoms with Crippen molar-refractivity contribution in [1.82, 2.24) is 0 Å². The summed E-state index contributed by atoms with van der Waals surface area (Å²) >= 11 is 0. The van der Waals surface area contributed by atoms with Crippen molar-refractivity contribution >= 4 is 43.9 Å². The number of rotatable bonds is 6. The normalized spacial score (nSPS) is 11.3. The van der Waals surface area contributed by atoms with Crippen LogP contribution in [0.2, 0.25) is 0 Å². The standard InChI is InChI=1S/C56H32N2O2/c57-33-35-24-40(31-45(26-35)47-14-8-16-51-49-12-4-6-18-53(49)59-55(47)51)43-28-42(39-22-20-38(21-23-39)37-10-2-1-3-11-37)29-44(30-43)41-25-36(34-58)27-46(32-41)48-15-9-17-52-50-13-5-7-19-54(50)60-56(48)52/h1-32H. The van der Waals surface area contributed by atoms with Crippen LogP contribution in [0, 0.1) is 22.7 Å². The van der Waals surface area contributed by atoms with Crippen LogP contribution in [0.3, 0.4) is 0 Å². The van der Waals surface area contributed by atoms with Crippen molar-refractivity contribution in [3.8, 4) is 78.9 Å². The SMILES string of the molecule is N#Cc1cc(-c2cc(-c3ccc(-c4ccccc4)cc3)cc(-c3cc(C#N)cc(-c4cccc5c4oc4ccccc45)c3)c2)cc(-c2cccc3c2oc2ccccc23)c1. The second kappa shape index (κ2) is 14.2. The van der Waals surface area contributed by atoms with E-state index in [4.69, 9.17) is 8.83 Å². The Morgan fingerprint density at radius 2 is 0.633 bits per heavy atom. The Balaban J connectivity index is 1.11. The zero-order chi connectivity index (χ0) is 40.2. The highest BCUT2D eigenvalue weighted by molar-refractivity contribution is 6.11. The van der Waals surface area contributed by atoms with Gasteiger partial charge in [0.15, 0.2) is 0 Å². The Bertz CT molecular complexity index is 3370. The molecule has 0 unspecified atom stereocenters. The fourth-order valence-corrected chi connectivity index (χ4v) is 8.59. The van der Waals surface area contributed by atoms with Gasteiger partial charge >= 0.3 is 0 Å². The minimum atomic E-state index is 0.544. The Morgan fingerprint density at radius 3 is 1.12 bits per heavy atom. The molecular weight excluding hydrogens is 733 g/mol. The summed E-state index contributed by atoms with van der Waals surface area (Å²) in [7, 11) is 0. The monoisotopic (exact) mass is 764 g/mol. The Kier molecular flexibility index (Phi) is 8.22. The maximum atomic E-state index is 10.4. The maximum absolute atomic E-state index is 10.4. The molecule has 60 heavy (non-hydrogen) atoms. The third kappa shape index (κ3) is 6.00. The lowest BCUT2D eigenvalue weighted by molar-refractivity contribution is 0.669. The van der Waals surface area contributed by atoms with E-state index in [1.807, 2.05) is 78.9 Å². The van der Waals surface area contributed by atoms with Crippen molar-refractivity contribution < 1.29 is 8.83 Å². The molecular formula is C56H32N2O2. The summed E-state index contributed by atoms with van der Waals surface area (Å²) < 4.78 is 12.9. The van der Waals surface area contributed by atoms with E-state index in [1.54, 1.807) is 0 Å². The van der Waals surface area contributed by atoms with E-state index in [-0.39, 0.29) is 0 Å². The fourth-order valence-electron chi connectivity index (χ4n) is 8.59. The zero-order valence-corrected chi connectivity index (χ0v) is 32.2. The van der Waals surface area contributed by atoms with E-state index < -0.39 is 0 Å². The maximum Gasteiger partial charge on any atom is 0.143 e. The number of para-hydroxylation sites is 4. The molecule has 2 heterocycles.